The van der Waals surface area contributed by atoms with E-state index < -0.39 is 11.3 Å². The molecule has 0 amide bonds. The Labute approximate surface area is 63.3 Å². The Hall–Kier alpha value is -0.220. The highest BCUT2D eigenvalue weighted by Crippen LogP contribution is 2.20. The molecule has 3 nitrogen and oxygen atoms in total. The minimum Gasteiger partial charge on any atom is -0.266 e. The van der Waals surface area contributed by atoms with Gasteiger partial charge in [0.1, 0.15) is 6.61 Å². The molecule has 1 aliphatic heterocycles. The average Bonchev–Trinajstić information content (AvgIpc) is 2.11. The van der Waals surface area contributed by atoms with E-state index >= 15 is 0 Å². The van der Waals surface area contributed by atoms with Crippen molar-refractivity contribution in [2.24, 2.45) is 9.81 Å². The Morgan fingerprint density at radius 1 is 1.60 bits per heavy atom. The second-order valence-corrected chi connectivity index (χ2v) is 4.12. The molecule has 0 aromatic rings. The van der Waals surface area contributed by atoms with Crippen LogP contribution < -0.4 is 0 Å². The minimum atomic E-state index is -1.41. The molecule has 4 heteroatoms. The normalized spacial score (nSPS) is 26.7. The van der Waals surface area contributed by atoms with Crippen LogP contribution in [-0.2, 0) is 15.4 Å². The van der Waals surface area contributed by atoms with Gasteiger partial charge in [-0.05, 0) is 0 Å². The van der Waals surface area contributed by atoms with E-state index in [9.17, 15) is 4.21 Å². The van der Waals surface area contributed by atoms with Crippen molar-refractivity contribution in [3.63, 3.8) is 0 Å². The van der Waals surface area contributed by atoms with Crippen LogP contribution in [0.15, 0.2) is 4.40 Å². The summed E-state index contributed by atoms with van der Waals surface area (Å²) in [6.07, 6.45) is 0. The van der Waals surface area contributed by atoms with Crippen molar-refractivity contribution in [2.45, 2.75) is 20.8 Å². The average molecular weight is 161 g/mol. The molecule has 1 aliphatic rings. The first-order valence-electron chi connectivity index (χ1n) is 3.13. The largest absolute Gasteiger partial charge is 0.284 e. The van der Waals surface area contributed by atoms with Crippen molar-refractivity contribution in [3.05, 3.63) is 0 Å². The number of rotatable bonds is 0. The smallest absolute Gasteiger partial charge is 0.266 e. The Kier molecular flexibility index (Phi) is 1.92. The van der Waals surface area contributed by atoms with E-state index in [1.54, 1.807) is 0 Å². The van der Waals surface area contributed by atoms with Gasteiger partial charge in [-0.25, -0.2) is 4.21 Å². The lowest BCUT2D eigenvalue weighted by molar-refractivity contribution is 0.407. The van der Waals surface area contributed by atoms with Gasteiger partial charge in [0.05, 0.1) is 5.71 Å². The standard InChI is InChI=1S/C6H11NO2S/c1-6(2,3)5-4-9-10(8)7-5/h4H2,1-3H3. The SMILES string of the molecule is CC(C)(C)C1=NS(=O)OC1. The maximum atomic E-state index is 10.6. The summed E-state index contributed by atoms with van der Waals surface area (Å²) in [5.74, 6) is 0. The highest BCUT2D eigenvalue weighted by molar-refractivity contribution is 7.79. The van der Waals surface area contributed by atoms with Crippen LogP contribution in [0.3, 0.4) is 0 Å². The fourth-order valence-corrected chi connectivity index (χ4v) is 1.37. The third kappa shape index (κ3) is 1.64. The molecule has 1 rings (SSSR count). The van der Waals surface area contributed by atoms with Crippen LogP contribution in [-0.4, -0.2) is 16.5 Å². The lowest BCUT2D eigenvalue weighted by Crippen LogP contribution is -2.21. The molecule has 1 atom stereocenters. The van der Waals surface area contributed by atoms with E-state index in [2.05, 4.69) is 4.40 Å². The topological polar surface area (TPSA) is 38.7 Å². The monoisotopic (exact) mass is 161 g/mol. The highest BCUT2D eigenvalue weighted by atomic mass is 32.2. The summed E-state index contributed by atoms with van der Waals surface area (Å²) in [6.45, 7) is 6.49. The molecular weight excluding hydrogens is 150 g/mol. The fraction of sp³-hybridized carbons (Fsp3) is 0.833. The molecule has 10 heavy (non-hydrogen) atoms. The lowest BCUT2D eigenvalue weighted by Gasteiger charge is -2.15. The van der Waals surface area contributed by atoms with E-state index in [1.165, 1.54) is 0 Å². The first-order valence-corrected chi connectivity index (χ1v) is 4.16. The van der Waals surface area contributed by atoms with E-state index in [0.717, 1.165) is 5.71 Å². The van der Waals surface area contributed by atoms with Crippen molar-refractivity contribution in [1.82, 2.24) is 0 Å². The molecule has 0 bridgehead atoms. The second kappa shape index (κ2) is 2.43. The van der Waals surface area contributed by atoms with Crippen LogP contribution in [0.1, 0.15) is 20.8 Å². The molecule has 0 fully saturated rings. The quantitative estimate of drug-likeness (QED) is 0.533. The van der Waals surface area contributed by atoms with E-state index in [0.29, 0.717) is 6.61 Å². The number of nitrogens with zero attached hydrogens (tertiary/aromatic N) is 1. The predicted molar refractivity (Wildman–Crippen MR) is 41.0 cm³/mol. The molecule has 0 N–H and O–H groups in total. The van der Waals surface area contributed by atoms with Gasteiger partial charge < -0.3 is 0 Å². The zero-order valence-electron chi connectivity index (χ0n) is 6.38. The summed E-state index contributed by atoms with van der Waals surface area (Å²) in [5, 5.41) is 0. The van der Waals surface area contributed by atoms with Crippen LogP contribution in [0, 0.1) is 5.41 Å². The van der Waals surface area contributed by atoms with Gasteiger partial charge >= 0.3 is 0 Å². The van der Waals surface area contributed by atoms with Gasteiger partial charge in [0.15, 0.2) is 0 Å². The van der Waals surface area contributed by atoms with Gasteiger partial charge in [0.25, 0.3) is 11.3 Å². The van der Waals surface area contributed by atoms with E-state index in [1.807, 2.05) is 20.8 Å². The summed E-state index contributed by atoms with van der Waals surface area (Å²) < 4.78 is 19.2. The summed E-state index contributed by atoms with van der Waals surface area (Å²) in [4.78, 5) is 0. The fourth-order valence-electron chi connectivity index (χ4n) is 0.602. The summed E-state index contributed by atoms with van der Waals surface area (Å²) in [5.41, 5.74) is 0.873. The Morgan fingerprint density at radius 2 is 2.20 bits per heavy atom. The van der Waals surface area contributed by atoms with Crippen LogP contribution in [0.5, 0.6) is 0 Å². The van der Waals surface area contributed by atoms with Gasteiger partial charge in [-0.2, -0.15) is 4.40 Å². The van der Waals surface area contributed by atoms with Crippen LogP contribution >= 0.6 is 0 Å². The van der Waals surface area contributed by atoms with Crippen LogP contribution in [0.2, 0.25) is 0 Å². The van der Waals surface area contributed by atoms with Crippen LogP contribution in [0.25, 0.3) is 0 Å². The van der Waals surface area contributed by atoms with Gasteiger partial charge in [-0.1, -0.05) is 20.8 Å². The maximum Gasteiger partial charge on any atom is 0.284 e. The highest BCUT2D eigenvalue weighted by Gasteiger charge is 2.25. The Morgan fingerprint density at radius 3 is 2.40 bits per heavy atom. The molecule has 0 saturated carbocycles. The van der Waals surface area contributed by atoms with Gasteiger partial charge in [0.2, 0.25) is 0 Å². The number of hydrogen-bond donors (Lipinski definition) is 0. The Balaban J connectivity index is 2.76. The van der Waals surface area contributed by atoms with Gasteiger partial charge in [-0.15, -0.1) is 0 Å². The molecule has 0 radical (unpaired) electrons. The summed E-state index contributed by atoms with van der Waals surface area (Å²) in [7, 11) is 0. The van der Waals surface area contributed by atoms with Crippen LogP contribution in [0.4, 0.5) is 0 Å². The third-order valence-corrected chi connectivity index (χ3v) is 2.04. The van der Waals surface area contributed by atoms with Gasteiger partial charge in [0, 0.05) is 5.41 Å². The lowest BCUT2D eigenvalue weighted by atomic mass is 9.91. The molecule has 0 aliphatic carbocycles. The molecule has 0 aromatic heterocycles. The second-order valence-electron chi connectivity index (χ2n) is 3.27. The maximum absolute atomic E-state index is 10.6. The number of hydrogen-bond acceptors (Lipinski definition) is 2. The van der Waals surface area contributed by atoms with E-state index in [-0.39, 0.29) is 5.41 Å². The zero-order valence-corrected chi connectivity index (χ0v) is 7.20. The van der Waals surface area contributed by atoms with Crippen molar-refractivity contribution >= 4 is 17.0 Å². The molecule has 1 unspecified atom stereocenters. The third-order valence-electron chi connectivity index (χ3n) is 1.35. The zero-order chi connectivity index (χ0) is 7.78. The molecule has 0 saturated heterocycles. The van der Waals surface area contributed by atoms with Crippen molar-refractivity contribution in [3.8, 4) is 0 Å². The first kappa shape index (κ1) is 7.88. The van der Waals surface area contributed by atoms with Crippen molar-refractivity contribution in [1.29, 1.82) is 0 Å². The predicted octanol–water partition coefficient (Wildman–Crippen LogP) is 1.08. The molecule has 1 heterocycles. The summed E-state index contributed by atoms with van der Waals surface area (Å²) >= 11 is -1.41. The van der Waals surface area contributed by atoms with Crippen molar-refractivity contribution < 1.29 is 8.39 Å². The molecule has 0 spiro atoms. The van der Waals surface area contributed by atoms with E-state index in [4.69, 9.17) is 4.18 Å². The van der Waals surface area contributed by atoms with Gasteiger partial charge in [-0.3, -0.25) is 4.18 Å². The Bertz CT molecular complexity index is 192. The van der Waals surface area contributed by atoms with Crippen molar-refractivity contribution in [2.75, 3.05) is 6.61 Å². The summed E-state index contributed by atoms with van der Waals surface area (Å²) in [6, 6.07) is 0. The first-order chi connectivity index (χ1) is 4.50. The minimum absolute atomic E-state index is 0.00778. The molecule has 0 aromatic carbocycles. The molecule has 58 valence electrons. The molecular formula is C6H11NO2S.